The number of ether oxygens (including phenoxy) is 1. The monoisotopic (exact) mass is 268 g/mol. The summed E-state index contributed by atoms with van der Waals surface area (Å²) in [6, 6.07) is 4.14. The minimum atomic E-state index is -0.737. The summed E-state index contributed by atoms with van der Waals surface area (Å²) >= 11 is 1.72. The van der Waals surface area contributed by atoms with E-state index in [9.17, 15) is 4.79 Å². The van der Waals surface area contributed by atoms with Gasteiger partial charge in [-0.05, 0) is 31.9 Å². The van der Waals surface area contributed by atoms with Gasteiger partial charge in [-0.1, -0.05) is 0 Å². The third-order valence-electron chi connectivity index (χ3n) is 3.35. The van der Waals surface area contributed by atoms with Crippen molar-refractivity contribution in [2.45, 2.75) is 31.8 Å². The Hall–Kier alpha value is -0.910. The molecule has 0 spiro atoms. The van der Waals surface area contributed by atoms with Gasteiger partial charge in [0.1, 0.15) is 0 Å². The number of nitrogens with two attached hydrogens (primary N) is 1. The fraction of sp³-hybridized carbons (Fsp3) is 0.615. The standard InChI is InChI=1S/C13H20N2O2S/c1-10-3-4-11(18-10)9-15(2)12(16)13(14)5-7-17-8-6-13/h3-4H,5-9,14H2,1-2H3. The minimum Gasteiger partial charge on any atom is -0.381 e. The molecule has 4 nitrogen and oxygen atoms in total. The maximum atomic E-state index is 12.4. The Kier molecular flexibility index (Phi) is 4.04. The van der Waals surface area contributed by atoms with Crippen LogP contribution in [-0.4, -0.2) is 36.6 Å². The third-order valence-corrected chi connectivity index (χ3v) is 4.33. The minimum absolute atomic E-state index is 0.0249. The van der Waals surface area contributed by atoms with Crippen LogP contribution < -0.4 is 5.73 Å². The molecule has 2 rings (SSSR count). The van der Waals surface area contributed by atoms with Crippen molar-refractivity contribution in [2.24, 2.45) is 5.73 Å². The highest BCUT2D eigenvalue weighted by atomic mass is 32.1. The first-order chi connectivity index (χ1) is 8.51. The van der Waals surface area contributed by atoms with E-state index < -0.39 is 5.54 Å². The normalized spacial score (nSPS) is 18.6. The molecule has 1 aromatic rings. The van der Waals surface area contributed by atoms with Crippen LogP contribution in [0.5, 0.6) is 0 Å². The molecule has 100 valence electrons. The van der Waals surface area contributed by atoms with Crippen LogP contribution in [0.4, 0.5) is 0 Å². The maximum Gasteiger partial charge on any atom is 0.242 e. The van der Waals surface area contributed by atoms with Crippen molar-refractivity contribution in [1.82, 2.24) is 4.90 Å². The van der Waals surface area contributed by atoms with Crippen LogP contribution >= 0.6 is 11.3 Å². The molecule has 2 heterocycles. The van der Waals surface area contributed by atoms with E-state index in [1.54, 1.807) is 16.2 Å². The van der Waals surface area contributed by atoms with Gasteiger partial charge in [0, 0.05) is 30.0 Å². The molecule has 18 heavy (non-hydrogen) atoms. The molecule has 0 atom stereocenters. The molecule has 1 amide bonds. The zero-order valence-electron chi connectivity index (χ0n) is 10.9. The van der Waals surface area contributed by atoms with E-state index in [1.165, 1.54) is 9.75 Å². The summed E-state index contributed by atoms with van der Waals surface area (Å²) < 4.78 is 5.27. The van der Waals surface area contributed by atoms with E-state index in [0.29, 0.717) is 32.6 Å². The van der Waals surface area contributed by atoms with Gasteiger partial charge < -0.3 is 15.4 Å². The van der Waals surface area contributed by atoms with Gasteiger partial charge in [0.2, 0.25) is 5.91 Å². The molecule has 5 heteroatoms. The molecule has 0 radical (unpaired) electrons. The molecular formula is C13H20N2O2S. The maximum absolute atomic E-state index is 12.4. The molecule has 1 saturated heterocycles. The molecule has 1 aromatic heterocycles. The Morgan fingerprint density at radius 3 is 2.72 bits per heavy atom. The predicted molar refractivity (Wildman–Crippen MR) is 72.5 cm³/mol. The molecule has 1 fully saturated rings. The molecule has 0 aliphatic carbocycles. The first-order valence-electron chi connectivity index (χ1n) is 6.19. The van der Waals surface area contributed by atoms with Crippen molar-refractivity contribution < 1.29 is 9.53 Å². The molecule has 2 N–H and O–H groups in total. The lowest BCUT2D eigenvalue weighted by atomic mass is 9.90. The number of hydrogen-bond acceptors (Lipinski definition) is 4. The van der Waals surface area contributed by atoms with Gasteiger partial charge in [-0.15, -0.1) is 11.3 Å². The molecule has 0 saturated carbocycles. The number of nitrogens with zero attached hydrogens (tertiary/aromatic N) is 1. The zero-order chi connectivity index (χ0) is 13.2. The van der Waals surface area contributed by atoms with Crippen LogP contribution in [0.15, 0.2) is 12.1 Å². The number of carbonyl (C=O) groups is 1. The van der Waals surface area contributed by atoms with E-state index in [-0.39, 0.29) is 5.91 Å². The van der Waals surface area contributed by atoms with Gasteiger partial charge in [-0.2, -0.15) is 0 Å². The highest BCUT2D eigenvalue weighted by molar-refractivity contribution is 7.11. The van der Waals surface area contributed by atoms with Crippen LogP contribution in [0.25, 0.3) is 0 Å². The van der Waals surface area contributed by atoms with Crippen LogP contribution in [0, 0.1) is 6.92 Å². The molecule has 1 aliphatic rings. The van der Waals surface area contributed by atoms with E-state index in [4.69, 9.17) is 10.5 Å². The summed E-state index contributed by atoms with van der Waals surface area (Å²) in [5.74, 6) is 0.0249. The number of thiophene rings is 1. The van der Waals surface area contributed by atoms with Gasteiger partial charge in [0.25, 0.3) is 0 Å². The second-order valence-electron chi connectivity index (χ2n) is 4.94. The lowest BCUT2D eigenvalue weighted by molar-refractivity contribution is -0.139. The topological polar surface area (TPSA) is 55.6 Å². The van der Waals surface area contributed by atoms with Crippen molar-refractivity contribution in [3.05, 3.63) is 21.9 Å². The summed E-state index contributed by atoms with van der Waals surface area (Å²) in [7, 11) is 1.82. The first-order valence-corrected chi connectivity index (χ1v) is 7.00. The number of hydrogen-bond donors (Lipinski definition) is 1. The second-order valence-corrected chi connectivity index (χ2v) is 6.31. The Morgan fingerprint density at radius 2 is 2.17 bits per heavy atom. The average molecular weight is 268 g/mol. The van der Waals surface area contributed by atoms with Crippen LogP contribution in [-0.2, 0) is 16.1 Å². The zero-order valence-corrected chi connectivity index (χ0v) is 11.8. The second kappa shape index (κ2) is 5.38. The van der Waals surface area contributed by atoms with E-state index in [0.717, 1.165) is 0 Å². The van der Waals surface area contributed by atoms with Crippen LogP contribution in [0.1, 0.15) is 22.6 Å². The first kappa shape index (κ1) is 13.5. The Morgan fingerprint density at radius 1 is 1.50 bits per heavy atom. The average Bonchev–Trinajstić information content (AvgIpc) is 2.74. The number of rotatable bonds is 3. The molecule has 0 bridgehead atoms. The summed E-state index contributed by atoms with van der Waals surface area (Å²) in [5.41, 5.74) is 5.46. The SMILES string of the molecule is Cc1ccc(CN(C)C(=O)C2(N)CCOCC2)s1. The van der Waals surface area contributed by atoms with Crippen molar-refractivity contribution in [3.63, 3.8) is 0 Å². The molecule has 0 aromatic carbocycles. The van der Waals surface area contributed by atoms with E-state index in [2.05, 4.69) is 19.1 Å². The Balaban J connectivity index is 1.99. The number of likely N-dealkylation sites (N-methyl/N-ethyl adjacent to an activating group) is 1. The Labute approximate surface area is 112 Å². The van der Waals surface area contributed by atoms with E-state index in [1.807, 2.05) is 7.05 Å². The van der Waals surface area contributed by atoms with Gasteiger partial charge in [0.15, 0.2) is 0 Å². The van der Waals surface area contributed by atoms with Gasteiger partial charge in [-0.25, -0.2) is 0 Å². The van der Waals surface area contributed by atoms with Gasteiger partial charge in [-0.3, -0.25) is 4.79 Å². The van der Waals surface area contributed by atoms with Crippen LogP contribution in [0.3, 0.4) is 0 Å². The van der Waals surface area contributed by atoms with Crippen molar-refractivity contribution >= 4 is 17.2 Å². The lowest BCUT2D eigenvalue weighted by Crippen LogP contribution is -2.57. The fourth-order valence-corrected chi connectivity index (χ4v) is 3.15. The molecule has 0 unspecified atom stereocenters. The highest BCUT2D eigenvalue weighted by Crippen LogP contribution is 2.22. The largest absolute Gasteiger partial charge is 0.381 e. The summed E-state index contributed by atoms with van der Waals surface area (Å²) in [4.78, 5) is 16.6. The van der Waals surface area contributed by atoms with Gasteiger partial charge in [0.05, 0.1) is 12.1 Å². The fourth-order valence-electron chi connectivity index (χ4n) is 2.21. The molecule has 1 aliphatic heterocycles. The summed E-state index contributed by atoms with van der Waals surface area (Å²) in [6.45, 7) is 3.86. The van der Waals surface area contributed by atoms with E-state index >= 15 is 0 Å². The van der Waals surface area contributed by atoms with Gasteiger partial charge >= 0.3 is 0 Å². The number of aryl methyl sites for hydroxylation is 1. The number of amides is 1. The smallest absolute Gasteiger partial charge is 0.242 e. The van der Waals surface area contributed by atoms with Crippen LogP contribution in [0.2, 0.25) is 0 Å². The van der Waals surface area contributed by atoms with Crippen molar-refractivity contribution in [1.29, 1.82) is 0 Å². The van der Waals surface area contributed by atoms with Crippen molar-refractivity contribution in [3.8, 4) is 0 Å². The summed E-state index contributed by atoms with van der Waals surface area (Å²) in [5, 5.41) is 0. The molecular weight excluding hydrogens is 248 g/mol. The Bertz CT molecular complexity index is 424. The van der Waals surface area contributed by atoms with Crippen molar-refractivity contribution in [2.75, 3.05) is 20.3 Å². The predicted octanol–water partition coefficient (Wildman–Crippen LogP) is 1.52. The quantitative estimate of drug-likeness (QED) is 0.904. The lowest BCUT2D eigenvalue weighted by Gasteiger charge is -2.35. The third kappa shape index (κ3) is 2.91. The number of carbonyl (C=O) groups excluding carboxylic acids is 1. The highest BCUT2D eigenvalue weighted by Gasteiger charge is 2.37. The summed E-state index contributed by atoms with van der Waals surface area (Å²) in [6.07, 6.45) is 1.22.